The van der Waals surface area contributed by atoms with Gasteiger partial charge in [-0.1, -0.05) is 17.7 Å². The van der Waals surface area contributed by atoms with Crippen LogP contribution in [0, 0.1) is 5.82 Å². The highest BCUT2D eigenvalue weighted by molar-refractivity contribution is 6.31. The number of aromatic nitrogens is 2. The molecule has 1 aromatic heterocycles. The van der Waals surface area contributed by atoms with Crippen LogP contribution in [0.4, 0.5) is 4.39 Å². The van der Waals surface area contributed by atoms with Gasteiger partial charge in [-0.2, -0.15) is 0 Å². The van der Waals surface area contributed by atoms with Crippen molar-refractivity contribution in [3.63, 3.8) is 0 Å². The molecule has 1 atom stereocenters. The zero-order valence-electron chi connectivity index (χ0n) is 11.7. The molecule has 20 heavy (non-hydrogen) atoms. The van der Waals surface area contributed by atoms with Crippen LogP contribution in [0.15, 0.2) is 36.8 Å². The lowest BCUT2D eigenvalue weighted by Crippen LogP contribution is -2.38. The maximum Gasteiger partial charge on any atom is 0.124 e. The average molecular weight is 294 g/mol. The van der Waals surface area contributed by atoms with E-state index in [-0.39, 0.29) is 11.9 Å². The second-order valence-corrected chi connectivity index (χ2v) is 5.65. The van der Waals surface area contributed by atoms with E-state index in [4.69, 9.17) is 11.6 Å². The molecule has 0 saturated heterocycles. The Morgan fingerprint density at radius 3 is 2.65 bits per heavy atom. The molecule has 0 aliphatic carbocycles. The van der Waals surface area contributed by atoms with E-state index in [1.165, 1.54) is 12.1 Å². The summed E-state index contributed by atoms with van der Waals surface area (Å²) in [6, 6.07) is 4.44. The van der Waals surface area contributed by atoms with Crippen LogP contribution < -0.4 is 5.32 Å². The fraction of sp³-hybridized carbons (Fsp3) is 0.333. The zero-order valence-corrected chi connectivity index (χ0v) is 12.4. The lowest BCUT2D eigenvalue weighted by molar-refractivity contribution is 0.353. The van der Waals surface area contributed by atoms with Crippen molar-refractivity contribution < 1.29 is 4.39 Å². The maximum absolute atomic E-state index is 13.1. The summed E-state index contributed by atoms with van der Waals surface area (Å²) in [5.74, 6) is -0.337. The van der Waals surface area contributed by atoms with Crippen molar-refractivity contribution in [1.29, 1.82) is 0 Å². The maximum atomic E-state index is 13.1. The topological polar surface area (TPSA) is 37.8 Å². The van der Waals surface area contributed by atoms with Crippen molar-refractivity contribution in [2.45, 2.75) is 32.4 Å². The van der Waals surface area contributed by atoms with E-state index in [1.807, 2.05) is 20.8 Å². The van der Waals surface area contributed by atoms with Gasteiger partial charge in [0, 0.05) is 35.2 Å². The molecule has 3 nitrogen and oxygen atoms in total. The Hall–Kier alpha value is -1.52. The molecule has 0 radical (unpaired) electrons. The second-order valence-electron chi connectivity index (χ2n) is 5.25. The number of nitrogens with zero attached hydrogens (tertiary/aromatic N) is 2. The molecule has 0 bridgehead atoms. The molecule has 2 aromatic rings. The lowest BCUT2D eigenvalue weighted by Gasteiger charge is -2.31. The first kappa shape index (κ1) is 14.9. The van der Waals surface area contributed by atoms with E-state index in [0.29, 0.717) is 5.02 Å². The summed E-state index contributed by atoms with van der Waals surface area (Å²) in [6.07, 6.45) is 5.02. The van der Waals surface area contributed by atoms with Gasteiger partial charge in [0.1, 0.15) is 5.82 Å². The first-order chi connectivity index (χ1) is 9.40. The third-order valence-corrected chi connectivity index (χ3v) is 3.52. The Labute approximate surface area is 123 Å². The molecule has 1 heterocycles. The minimum absolute atomic E-state index is 0.000167. The van der Waals surface area contributed by atoms with Gasteiger partial charge < -0.3 is 0 Å². The molecule has 0 saturated carbocycles. The van der Waals surface area contributed by atoms with Gasteiger partial charge in [0.15, 0.2) is 0 Å². The van der Waals surface area contributed by atoms with Gasteiger partial charge in [0.2, 0.25) is 0 Å². The Balaban J connectivity index is 2.22. The average Bonchev–Trinajstić information content (AvgIpc) is 2.38. The van der Waals surface area contributed by atoms with Gasteiger partial charge in [-0.3, -0.25) is 15.3 Å². The van der Waals surface area contributed by atoms with Crippen molar-refractivity contribution >= 4 is 11.6 Å². The Morgan fingerprint density at radius 2 is 2.05 bits per heavy atom. The number of hydrogen-bond acceptors (Lipinski definition) is 3. The van der Waals surface area contributed by atoms with Gasteiger partial charge in [-0.25, -0.2) is 4.39 Å². The van der Waals surface area contributed by atoms with Gasteiger partial charge in [-0.15, -0.1) is 0 Å². The molecular formula is C15H17ClFN3. The van der Waals surface area contributed by atoms with E-state index in [2.05, 4.69) is 15.3 Å². The summed E-state index contributed by atoms with van der Waals surface area (Å²) in [4.78, 5) is 8.33. The van der Waals surface area contributed by atoms with E-state index in [9.17, 15) is 4.39 Å². The molecule has 1 N–H and O–H groups in total. The Kier molecular flexibility index (Phi) is 4.35. The van der Waals surface area contributed by atoms with Crippen LogP contribution in [0.5, 0.6) is 0 Å². The number of rotatable bonds is 4. The number of benzene rings is 1. The predicted molar refractivity (Wildman–Crippen MR) is 78.0 cm³/mol. The molecule has 1 aromatic carbocycles. The third kappa shape index (κ3) is 3.32. The van der Waals surface area contributed by atoms with Gasteiger partial charge in [0.05, 0.1) is 5.69 Å². The summed E-state index contributed by atoms with van der Waals surface area (Å²) in [6.45, 7) is 6.00. The fourth-order valence-electron chi connectivity index (χ4n) is 2.22. The molecule has 0 aliphatic rings. The summed E-state index contributed by atoms with van der Waals surface area (Å²) in [5.41, 5.74) is 1.27. The van der Waals surface area contributed by atoms with Gasteiger partial charge >= 0.3 is 0 Å². The molecule has 2 rings (SSSR count). The highest BCUT2D eigenvalue weighted by Gasteiger charge is 2.26. The van der Waals surface area contributed by atoms with E-state index in [1.54, 1.807) is 24.7 Å². The fourth-order valence-corrected chi connectivity index (χ4v) is 2.63. The van der Waals surface area contributed by atoms with E-state index in [0.717, 1.165) is 11.3 Å². The highest BCUT2D eigenvalue weighted by atomic mass is 35.5. The SMILES string of the molecule is C[C@H](NC(C)(C)c1ccc(F)cc1Cl)c1cnccn1. The molecule has 0 spiro atoms. The van der Waals surface area contributed by atoms with Crippen LogP contribution in [0.2, 0.25) is 5.02 Å². The first-order valence-corrected chi connectivity index (χ1v) is 6.77. The van der Waals surface area contributed by atoms with Crippen LogP contribution in [0.3, 0.4) is 0 Å². The zero-order chi connectivity index (χ0) is 14.8. The predicted octanol–water partition coefficient (Wildman–Crippen LogP) is 3.86. The number of hydrogen-bond donors (Lipinski definition) is 1. The highest BCUT2D eigenvalue weighted by Crippen LogP contribution is 2.30. The van der Waals surface area contributed by atoms with Crippen LogP contribution in [-0.2, 0) is 5.54 Å². The summed E-state index contributed by atoms with van der Waals surface area (Å²) >= 11 is 6.14. The molecule has 0 amide bonds. The normalized spacial score (nSPS) is 13.2. The summed E-state index contributed by atoms with van der Waals surface area (Å²) < 4.78 is 13.1. The third-order valence-electron chi connectivity index (χ3n) is 3.21. The smallest absolute Gasteiger partial charge is 0.124 e. The quantitative estimate of drug-likeness (QED) is 0.930. The monoisotopic (exact) mass is 293 g/mol. The minimum atomic E-state index is -0.415. The van der Waals surface area contributed by atoms with Crippen LogP contribution in [0.25, 0.3) is 0 Å². The Bertz CT molecular complexity index is 587. The van der Waals surface area contributed by atoms with E-state index >= 15 is 0 Å². The van der Waals surface area contributed by atoms with Crippen molar-refractivity contribution in [3.05, 3.63) is 58.9 Å². The molecule has 0 fully saturated rings. The van der Waals surface area contributed by atoms with Crippen LogP contribution >= 0.6 is 11.6 Å². The van der Waals surface area contributed by atoms with Crippen LogP contribution in [0.1, 0.15) is 38.1 Å². The summed E-state index contributed by atoms with van der Waals surface area (Å²) in [7, 11) is 0. The number of halogens is 2. The molecule has 0 aliphatic heterocycles. The van der Waals surface area contributed by atoms with Crippen molar-refractivity contribution in [1.82, 2.24) is 15.3 Å². The molecule has 106 valence electrons. The van der Waals surface area contributed by atoms with Gasteiger partial charge in [0.25, 0.3) is 0 Å². The largest absolute Gasteiger partial charge is 0.300 e. The number of nitrogens with one attached hydrogen (secondary N) is 1. The van der Waals surface area contributed by atoms with Crippen molar-refractivity contribution in [3.8, 4) is 0 Å². The van der Waals surface area contributed by atoms with Crippen LogP contribution in [-0.4, -0.2) is 9.97 Å². The van der Waals surface area contributed by atoms with Crippen molar-refractivity contribution in [2.24, 2.45) is 0 Å². The minimum Gasteiger partial charge on any atom is -0.300 e. The molecule has 5 heteroatoms. The van der Waals surface area contributed by atoms with Gasteiger partial charge in [-0.05, 0) is 38.5 Å². The Morgan fingerprint density at radius 1 is 1.30 bits per heavy atom. The lowest BCUT2D eigenvalue weighted by atomic mass is 9.93. The molecule has 0 unspecified atom stereocenters. The molecular weight excluding hydrogens is 277 g/mol. The standard InChI is InChI=1S/C15H17ClFN3/c1-10(14-9-18-6-7-19-14)20-15(2,3)12-5-4-11(17)8-13(12)16/h4-10,20H,1-3H3/t10-/m0/s1. The first-order valence-electron chi connectivity index (χ1n) is 6.39. The second kappa shape index (κ2) is 5.85. The van der Waals surface area contributed by atoms with Crippen molar-refractivity contribution in [2.75, 3.05) is 0 Å². The van der Waals surface area contributed by atoms with E-state index < -0.39 is 5.54 Å². The summed E-state index contributed by atoms with van der Waals surface area (Å²) in [5, 5.41) is 3.85.